The number of piperidine rings is 1. The summed E-state index contributed by atoms with van der Waals surface area (Å²) in [4.78, 5) is 24.9. The summed E-state index contributed by atoms with van der Waals surface area (Å²) in [6.45, 7) is 7.59. The minimum absolute atomic E-state index is 0.0432. The standard InChI is InChI=1S/C13H23NO3S/c1-9(2)12(13(16)17)18-8-11(15)14-6-4-10(3)5-7-14/h9-10,12H,4-8H2,1-3H3,(H,16,17). The van der Waals surface area contributed by atoms with Crippen molar-refractivity contribution in [3.05, 3.63) is 0 Å². The number of aliphatic carboxylic acids is 1. The van der Waals surface area contributed by atoms with Crippen LogP contribution in [0.5, 0.6) is 0 Å². The van der Waals surface area contributed by atoms with Crippen molar-refractivity contribution in [3.8, 4) is 0 Å². The van der Waals surface area contributed by atoms with Gasteiger partial charge >= 0.3 is 5.97 Å². The number of carboxylic acids is 1. The molecule has 1 saturated heterocycles. The number of rotatable bonds is 5. The molecular weight excluding hydrogens is 250 g/mol. The SMILES string of the molecule is CC1CCN(C(=O)CSC(C(=O)O)C(C)C)CC1. The van der Waals surface area contributed by atoms with E-state index in [2.05, 4.69) is 6.92 Å². The number of carboxylic acid groups (broad SMARTS) is 1. The van der Waals surface area contributed by atoms with Crippen molar-refractivity contribution in [1.29, 1.82) is 0 Å². The number of amides is 1. The molecule has 1 fully saturated rings. The first kappa shape index (κ1) is 15.3. The van der Waals surface area contributed by atoms with Crippen LogP contribution in [0.3, 0.4) is 0 Å². The monoisotopic (exact) mass is 273 g/mol. The van der Waals surface area contributed by atoms with Crippen LogP contribution in [-0.2, 0) is 9.59 Å². The fourth-order valence-electron chi connectivity index (χ4n) is 2.06. The first-order valence-corrected chi connectivity index (χ1v) is 7.59. The zero-order valence-corrected chi connectivity index (χ0v) is 12.2. The third-order valence-corrected chi connectivity index (χ3v) is 4.89. The first-order chi connectivity index (χ1) is 8.41. The van der Waals surface area contributed by atoms with E-state index in [1.807, 2.05) is 18.7 Å². The molecule has 1 unspecified atom stereocenters. The zero-order chi connectivity index (χ0) is 13.7. The van der Waals surface area contributed by atoms with Gasteiger partial charge in [-0.3, -0.25) is 9.59 Å². The minimum atomic E-state index is -0.824. The fraction of sp³-hybridized carbons (Fsp3) is 0.846. The van der Waals surface area contributed by atoms with Gasteiger partial charge < -0.3 is 10.0 Å². The lowest BCUT2D eigenvalue weighted by Crippen LogP contribution is -2.39. The Morgan fingerprint density at radius 1 is 1.33 bits per heavy atom. The van der Waals surface area contributed by atoms with Gasteiger partial charge in [-0.1, -0.05) is 20.8 Å². The molecule has 1 aliphatic heterocycles. The quantitative estimate of drug-likeness (QED) is 0.833. The highest BCUT2D eigenvalue weighted by atomic mass is 32.2. The maximum Gasteiger partial charge on any atom is 0.316 e. The lowest BCUT2D eigenvalue weighted by molar-refractivity contribution is -0.137. The largest absolute Gasteiger partial charge is 0.480 e. The normalized spacial score (nSPS) is 19.0. The molecule has 0 bridgehead atoms. The molecule has 0 saturated carbocycles. The number of hydrogen-bond donors (Lipinski definition) is 1. The summed E-state index contributed by atoms with van der Waals surface area (Å²) in [5.74, 6) is 0.281. The van der Waals surface area contributed by atoms with E-state index >= 15 is 0 Å². The molecule has 104 valence electrons. The number of thioether (sulfide) groups is 1. The van der Waals surface area contributed by atoms with Gasteiger partial charge in [-0.05, 0) is 24.7 Å². The molecule has 1 N–H and O–H groups in total. The Morgan fingerprint density at radius 3 is 2.33 bits per heavy atom. The Balaban J connectivity index is 2.38. The van der Waals surface area contributed by atoms with Crippen molar-refractivity contribution in [3.63, 3.8) is 0 Å². The Bertz CT molecular complexity index is 299. The summed E-state index contributed by atoms with van der Waals surface area (Å²) in [6, 6.07) is 0. The molecule has 4 nitrogen and oxygen atoms in total. The minimum Gasteiger partial charge on any atom is -0.480 e. The number of likely N-dealkylation sites (tertiary alicyclic amines) is 1. The molecule has 0 radical (unpaired) electrons. The summed E-state index contributed by atoms with van der Waals surface area (Å²) in [5.41, 5.74) is 0. The maximum absolute atomic E-state index is 12.0. The molecule has 1 aliphatic rings. The summed E-state index contributed by atoms with van der Waals surface area (Å²) in [5, 5.41) is 8.57. The molecule has 1 rings (SSSR count). The molecule has 0 aromatic heterocycles. The molecular formula is C13H23NO3S. The predicted molar refractivity (Wildman–Crippen MR) is 73.7 cm³/mol. The van der Waals surface area contributed by atoms with Gasteiger partial charge in [0, 0.05) is 13.1 Å². The molecule has 1 amide bonds. The molecule has 1 heterocycles. The van der Waals surface area contributed by atoms with Gasteiger partial charge in [-0.15, -0.1) is 11.8 Å². The lowest BCUT2D eigenvalue weighted by Gasteiger charge is -2.30. The van der Waals surface area contributed by atoms with E-state index < -0.39 is 11.2 Å². The highest BCUT2D eigenvalue weighted by Crippen LogP contribution is 2.22. The van der Waals surface area contributed by atoms with Gasteiger partial charge in [0.15, 0.2) is 0 Å². The van der Waals surface area contributed by atoms with Crippen LogP contribution in [0, 0.1) is 11.8 Å². The molecule has 0 aromatic carbocycles. The highest BCUT2D eigenvalue weighted by molar-refractivity contribution is 8.01. The smallest absolute Gasteiger partial charge is 0.316 e. The van der Waals surface area contributed by atoms with Gasteiger partial charge in [0.05, 0.1) is 5.75 Å². The topological polar surface area (TPSA) is 57.6 Å². The number of carbonyl (C=O) groups is 2. The van der Waals surface area contributed by atoms with Gasteiger partial charge in [0.25, 0.3) is 0 Å². The van der Waals surface area contributed by atoms with Crippen LogP contribution in [0.15, 0.2) is 0 Å². The van der Waals surface area contributed by atoms with Gasteiger partial charge in [-0.25, -0.2) is 0 Å². The van der Waals surface area contributed by atoms with Crippen molar-refractivity contribution in [1.82, 2.24) is 4.90 Å². The van der Waals surface area contributed by atoms with Crippen LogP contribution in [0.1, 0.15) is 33.6 Å². The summed E-state index contributed by atoms with van der Waals surface area (Å²) in [7, 11) is 0. The molecule has 18 heavy (non-hydrogen) atoms. The second-order valence-corrected chi connectivity index (χ2v) is 6.51. The second-order valence-electron chi connectivity index (χ2n) is 5.38. The van der Waals surface area contributed by atoms with E-state index in [9.17, 15) is 9.59 Å². The zero-order valence-electron chi connectivity index (χ0n) is 11.4. The summed E-state index contributed by atoms with van der Waals surface area (Å²) >= 11 is 1.25. The molecule has 1 atom stereocenters. The Morgan fingerprint density at radius 2 is 1.89 bits per heavy atom. The average Bonchev–Trinajstić information content (AvgIpc) is 2.28. The van der Waals surface area contributed by atoms with E-state index in [1.54, 1.807) is 0 Å². The van der Waals surface area contributed by atoms with Crippen molar-refractivity contribution < 1.29 is 14.7 Å². The highest BCUT2D eigenvalue weighted by Gasteiger charge is 2.25. The van der Waals surface area contributed by atoms with Crippen molar-refractivity contribution in [2.45, 2.75) is 38.9 Å². The van der Waals surface area contributed by atoms with Crippen LogP contribution in [-0.4, -0.2) is 46.0 Å². The fourth-order valence-corrected chi connectivity index (χ4v) is 3.09. The van der Waals surface area contributed by atoms with E-state index in [4.69, 9.17) is 5.11 Å². The predicted octanol–water partition coefficient (Wildman–Crippen LogP) is 2.09. The van der Waals surface area contributed by atoms with Crippen LogP contribution in [0.25, 0.3) is 0 Å². The maximum atomic E-state index is 12.0. The third kappa shape index (κ3) is 4.52. The van der Waals surface area contributed by atoms with E-state index in [0.717, 1.165) is 25.9 Å². The van der Waals surface area contributed by atoms with Crippen LogP contribution in [0.4, 0.5) is 0 Å². The number of hydrogen-bond acceptors (Lipinski definition) is 3. The van der Waals surface area contributed by atoms with Crippen LogP contribution in [0.2, 0.25) is 0 Å². The molecule has 0 aromatic rings. The third-order valence-electron chi connectivity index (χ3n) is 3.37. The Hall–Kier alpha value is -0.710. The summed E-state index contributed by atoms with van der Waals surface area (Å²) < 4.78 is 0. The molecule has 0 aliphatic carbocycles. The second kappa shape index (κ2) is 7.02. The van der Waals surface area contributed by atoms with Crippen molar-refractivity contribution in [2.75, 3.05) is 18.8 Å². The molecule has 0 spiro atoms. The summed E-state index contributed by atoms with van der Waals surface area (Å²) in [6.07, 6.45) is 2.12. The van der Waals surface area contributed by atoms with E-state index in [-0.39, 0.29) is 17.6 Å². The Kier molecular flexibility index (Phi) is 5.99. The van der Waals surface area contributed by atoms with E-state index in [0.29, 0.717) is 5.92 Å². The van der Waals surface area contributed by atoms with Crippen LogP contribution >= 0.6 is 11.8 Å². The Labute approximate surface area is 113 Å². The average molecular weight is 273 g/mol. The van der Waals surface area contributed by atoms with Crippen molar-refractivity contribution in [2.24, 2.45) is 11.8 Å². The van der Waals surface area contributed by atoms with Gasteiger partial charge in [0.2, 0.25) is 5.91 Å². The first-order valence-electron chi connectivity index (χ1n) is 6.54. The molecule has 5 heteroatoms. The van der Waals surface area contributed by atoms with Crippen LogP contribution < -0.4 is 0 Å². The van der Waals surface area contributed by atoms with Gasteiger partial charge in [0.1, 0.15) is 5.25 Å². The van der Waals surface area contributed by atoms with E-state index in [1.165, 1.54) is 11.8 Å². The lowest BCUT2D eigenvalue weighted by atomic mass is 9.99. The number of nitrogens with zero attached hydrogens (tertiary/aromatic N) is 1. The van der Waals surface area contributed by atoms with Crippen molar-refractivity contribution >= 4 is 23.6 Å². The number of carbonyl (C=O) groups excluding carboxylic acids is 1. The van der Waals surface area contributed by atoms with Gasteiger partial charge in [-0.2, -0.15) is 0 Å².